The van der Waals surface area contributed by atoms with Gasteiger partial charge in [-0.15, -0.1) is 10.2 Å². The van der Waals surface area contributed by atoms with Crippen LogP contribution in [0, 0.1) is 0 Å². The molecule has 16 heteroatoms. The van der Waals surface area contributed by atoms with Crippen molar-refractivity contribution in [3.05, 3.63) is 66.5 Å². The highest BCUT2D eigenvalue weighted by atomic mass is 35.5. The Kier molecular flexibility index (Phi) is 10.0. The predicted octanol–water partition coefficient (Wildman–Crippen LogP) is 5.35. The largest absolute Gasteiger partial charge is 0.487 e. The molecule has 1 unspecified atom stereocenters. The van der Waals surface area contributed by atoms with Crippen LogP contribution in [-0.2, 0) is 17.9 Å². The second-order valence-corrected chi connectivity index (χ2v) is 13.1. The molecule has 1 aromatic carbocycles. The van der Waals surface area contributed by atoms with Crippen LogP contribution in [0.5, 0.6) is 11.6 Å². The molecule has 0 amide bonds. The number of tetrazole rings is 1. The molecule has 1 saturated carbocycles. The fourth-order valence-corrected chi connectivity index (χ4v) is 6.79. The number of oxazole rings is 1. The Bertz CT molecular complexity index is 1770. The molecule has 49 heavy (non-hydrogen) atoms. The van der Waals surface area contributed by atoms with Gasteiger partial charge in [-0.3, -0.25) is 9.58 Å². The molecule has 0 radical (unpaired) electrons. The first-order valence-corrected chi connectivity index (χ1v) is 17.0. The van der Waals surface area contributed by atoms with Crippen LogP contribution in [0.25, 0.3) is 11.1 Å². The van der Waals surface area contributed by atoms with E-state index in [9.17, 15) is 0 Å². The predicted molar refractivity (Wildman–Crippen MR) is 180 cm³/mol. The van der Waals surface area contributed by atoms with Gasteiger partial charge >= 0.3 is 0 Å². The summed E-state index contributed by atoms with van der Waals surface area (Å²) in [4.78, 5) is 16.0. The number of nitrogens with one attached hydrogen (secondary N) is 1. The van der Waals surface area contributed by atoms with Crippen molar-refractivity contribution in [3.63, 3.8) is 0 Å². The molecule has 0 spiro atoms. The number of ether oxygens (including phenoxy) is 3. The summed E-state index contributed by atoms with van der Waals surface area (Å²) in [6.07, 6.45) is 14.7. The summed E-state index contributed by atoms with van der Waals surface area (Å²) in [5, 5.41) is 19.9. The molecule has 0 bridgehead atoms. The van der Waals surface area contributed by atoms with E-state index >= 15 is 0 Å². The normalized spacial score (nSPS) is 22.1. The minimum Gasteiger partial charge on any atom is -0.487 e. The summed E-state index contributed by atoms with van der Waals surface area (Å²) >= 11 is 6.46. The fourth-order valence-electron chi connectivity index (χ4n) is 6.63. The number of rotatable bonds is 12. The van der Waals surface area contributed by atoms with Crippen LogP contribution < -0.4 is 14.8 Å². The molecule has 3 atom stereocenters. The standard InChI is InChI=1S/C33H40ClN11O4/c1-21-15-43(16-22(2)48-21)26-5-7-27(8-6-26)45-18-29(32(40-45)47-19-31-35-10-11-46-31)39-33-36-13-25(14-37-33)24-4-9-28(34)30(12-24)49-23(3)17-44-20-38-41-42-44/h4,9-14,18,20-23,26-27H,5-8,15-17,19H2,1-3H3,(H,36,37,39)/t21-,22+,23?,26?,27?. The van der Waals surface area contributed by atoms with Crippen molar-refractivity contribution in [2.24, 2.45) is 0 Å². The van der Waals surface area contributed by atoms with Gasteiger partial charge in [0, 0.05) is 37.1 Å². The Balaban J connectivity index is 1.03. The van der Waals surface area contributed by atoms with Gasteiger partial charge in [-0.2, -0.15) is 0 Å². The summed E-state index contributed by atoms with van der Waals surface area (Å²) in [5.74, 6) is 1.85. The molecule has 2 fully saturated rings. The first kappa shape index (κ1) is 32.9. The van der Waals surface area contributed by atoms with Crippen molar-refractivity contribution < 1.29 is 18.6 Å². The molecule has 5 aromatic rings. The van der Waals surface area contributed by atoms with Crippen LogP contribution >= 0.6 is 11.6 Å². The molecular formula is C33H40ClN11O4. The number of hydrogen-bond donors (Lipinski definition) is 1. The van der Waals surface area contributed by atoms with E-state index in [2.05, 4.69) is 54.5 Å². The third kappa shape index (κ3) is 8.17. The molecule has 1 aliphatic heterocycles. The number of anilines is 2. The van der Waals surface area contributed by atoms with Crippen LogP contribution in [0.3, 0.4) is 0 Å². The van der Waals surface area contributed by atoms with Crippen molar-refractivity contribution in [1.82, 2.24) is 49.8 Å². The zero-order chi connectivity index (χ0) is 33.7. The number of aromatic nitrogens is 9. The van der Waals surface area contributed by atoms with E-state index in [1.54, 1.807) is 35.7 Å². The van der Waals surface area contributed by atoms with Gasteiger partial charge < -0.3 is 23.9 Å². The molecule has 1 saturated heterocycles. The number of nitrogens with zero attached hydrogens (tertiary/aromatic N) is 10. The Morgan fingerprint density at radius 2 is 1.80 bits per heavy atom. The maximum absolute atomic E-state index is 6.46. The van der Waals surface area contributed by atoms with Gasteiger partial charge in [0.2, 0.25) is 11.8 Å². The highest BCUT2D eigenvalue weighted by Gasteiger charge is 2.32. The average molecular weight is 690 g/mol. The van der Waals surface area contributed by atoms with E-state index in [1.807, 2.05) is 29.9 Å². The van der Waals surface area contributed by atoms with Crippen molar-refractivity contribution in [2.75, 3.05) is 18.4 Å². The summed E-state index contributed by atoms with van der Waals surface area (Å²) in [6, 6.07) is 6.39. The van der Waals surface area contributed by atoms with Crippen LogP contribution in [0.1, 0.15) is 58.4 Å². The third-order valence-electron chi connectivity index (χ3n) is 8.85. The Morgan fingerprint density at radius 1 is 1.02 bits per heavy atom. The second kappa shape index (κ2) is 14.9. The highest BCUT2D eigenvalue weighted by Crippen LogP contribution is 2.36. The third-order valence-corrected chi connectivity index (χ3v) is 9.16. The van der Waals surface area contributed by atoms with E-state index in [4.69, 9.17) is 35.3 Å². The van der Waals surface area contributed by atoms with Crippen LogP contribution in [0.15, 0.2) is 60.0 Å². The van der Waals surface area contributed by atoms with Crippen molar-refractivity contribution >= 4 is 23.2 Å². The Morgan fingerprint density at radius 3 is 2.51 bits per heavy atom. The minimum atomic E-state index is -0.215. The van der Waals surface area contributed by atoms with E-state index in [1.165, 1.54) is 6.26 Å². The van der Waals surface area contributed by atoms with Gasteiger partial charge in [-0.1, -0.05) is 17.7 Å². The molecule has 2 aliphatic rings. The van der Waals surface area contributed by atoms with Crippen LogP contribution in [-0.4, -0.2) is 87.3 Å². The molecule has 1 aliphatic carbocycles. The summed E-state index contributed by atoms with van der Waals surface area (Å²) in [7, 11) is 0. The summed E-state index contributed by atoms with van der Waals surface area (Å²) in [5.41, 5.74) is 2.33. The smallest absolute Gasteiger partial charge is 0.257 e. The Labute approximate surface area is 288 Å². The van der Waals surface area contributed by atoms with Crippen LogP contribution in [0.2, 0.25) is 5.02 Å². The fraction of sp³-hybridized carbons (Fsp3) is 0.485. The lowest BCUT2D eigenvalue weighted by Crippen LogP contribution is -2.51. The summed E-state index contributed by atoms with van der Waals surface area (Å²) < 4.78 is 27.1. The SMILES string of the molecule is CC(Cn1cnnn1)Oc1cc(-c2cnc(Nc3cn(C4CCC(N5C[C@@H](C)O[C@@H](C)C5)CC4)nc3OCc3ncco3)nc2)ccc1Cl. The first-order valence-electron chi connectivity index (χ1n) is 16.6. The molecule has 4 aromatic heterocycles. The number of halogens is 1. The lowest BCUT2D eigenvalue weighted by Gasteiger charge is -2.42. The molecule has 1 N–H and O–H groups in total. The van der Waals surface area contributed by atoms with Gasteiger partial charge in [0.1, 0.15) is 30.1 Å². The van der Waals surface area contributed by atoms with Gasteiger partial charge in [0.05, 0.1) is 42.2 Å². The van der Waals surface area contributed by atoms with E-state index in [-0.39, 0.29) is 31.0 Å². The Hall–Kier alpha value is -4.60. The molecule has 7 rings (SSSR count). The van der Waals surface area contributed by atoms with Gasteiger partial charge in [0.25, 0.3) is 5.88 Å². The summed E-state index contributed by atoms with van der Waals surface area (Å²) in [6.45, 7) is 8.85. The van der Waals surface area contributed by atoms with Gasteiger partial charge in [-0.05, 0) is 74.6 Å². The zero-order valence-electron chi connectivity index (χ0n) is 27.7. The van der Waals surface area contributed by atoms with E-state index < -0.39 is 0 Å². The number of hydrogen-bond acceptors (Lipinski definition) is 13. The van der Waals surface area contributed by atoms with Gasteiger partial charge in [0.15, 0.2) is 6.61 Å². The highest BCUT2D eigenvalue weighted by molar-refractivity contribution is 6.32. The number of morpholine rings is 1. The van der Waals surface area contributed by atoms with Crippen molar-refractivity contribution in [3.8, 4) is 22.8 Å². The maximum Gasteiger partial charge on any atom is 0.257 e. The lowest BCUT2D eigenvalue weighted by molar-refractivity contribution is -0.0852. The van der Waals surface area contributed by atoms with Crippen LogP contribution in [0.4, 0.5) is 11.6 Å². The zero-order valence-corrected chi connectivity index (χ0v) is 28.5. The molecule has 258 valence electrons. The average Bonchev–Trinajstić information content (AvgIpc) is 3.89. The maximum atomic E-state index is 6.46. The number of benzene rings is 1. The lowest BCUT2D eigenvalue weighted by atomic mass is 9.89. The van der Waals surface area contributed by atoms with Crippen molar-refractivity contribution in [1.29, 1.82) is 0 Å². The quantitative estimate of drug-likeness (QED) is 0.179. The first-order chi connectivity index (χ1) is 23.9. The van der Waals surface area contributed by atoms with Crippen molar-refractivity contribution in [2.45, 2.75) is 90.0 Å². The van der Waals surface area contributed by atoms with E-state index in [0.29, 0.717) is 46.8 Å². The monoisotopic (exact) mass is 689 g/mol. The minimum absolute atomic E-state index is 0.147. The molecular weight excluding hydrogens is 650 g/mol. The molecule has 5 heterocycles. The second-order valence-electron chi connectivity index (χ2n) is 12.7. The van der Waals surface area contributed by atoms with E-state index in [0.717, 1.165) is 49.9 Å². The molecule has 15 nitrogen and oxygen atoms in total. The topological polar surface area (TPSA) is 156 Å². The van der Waals surface area contributed by atoms with Gasteiger partial charge in [-0.25, -0.2) is 19.6 Å².